The molecule has 0 radical (unpaired) electrons. The SMILES string of the molecule is O=C(Cc1cccc(F)c1Br)C1CNCCO1. The third kappa shape index (κ3) is 3.12. The zero-order valence-electron chi connectivity index (χ0n) is 9.21. The maximum Gasteiger partial charge on any atom is 0.167 e. The summed E-state index contributed by atoms with van der Waals surface area (Å²) in [6.07, 6.45) is -0.232. The van der Waals surface area contributed by atoms with Gasteiger partial charge >= 0.3 is 0 Å². The molecule has 0 bridgehead atoms. The van der Waals surface area contributed by atoms with E-state index in [1.165, 1.54) is 6.07 Å². The molecule has 1 N–H and O–H groups in total. The monoisotopic (exact) mass is 301 g/mol. The molecule has 92 valence electrons. The van der Waals surface area contributed by atoms with Gasteiger partial charge in [0.15, 0.2) is 5.78 Å². The van der Waals surface area contributed by atoms with Crippen LogP contribution in [0, 0.1) is 5.82 Å². The number of benzene rings is 1. The van der Waals surface area contributed by atoms with Gasteiger partial charge in [-0.1, -0.05) is 12.1 Å². The number of hydrogen-bond donors (Lipinski definition) is 1. The number of ether oxygens (including phenoxy) is 1. The zero-order chi connectivity index (χ0) is 12.3. The molecule has 1 unspecified atom stereocenters. The molecule has 0 amide bonds. The van der Waals surface area contributed by atoms with Crippen LogP contribution in [0.4, 0.5) is 4.39 Å². The molecule has 0 spiro atoms. The molecule has 3 nitrogen and oxygen atoms in total. The van der Waals surface area contributed by atoms with Gasteiger partial charge in [0.25, 0.3) is 0 Å². The maximum atomic E-state index is 13.3. The molecular formula is C12H13BrFNO2. The van der Waals surface area contributed by atoms with E-state index in [1.54, 1.807) is 12.1 Å². The number of Topliss-reactive ketones (excluding diaryl/α,β-unsaturated/α-hetero) is 1. The van der Waals surface area contributed by atoms with Gasteiger partial charge in [0.2, 0.25) is 0 Å². The molecule has 0 aliphatic carbocycles. The third-order valence-corrected chi connectivity index (χ3v) is 3.57. The highest BCUT2D eigenvalue weighted by atomic mass is 79.9. The van der Waals surface area contributed by atoms with Crippen LogP contribution >= 0.6 is 15.9 Å². The van der Waals surface area contributed by atoms with E-state index < -0.39 is 6.10 Å². The fraction of sp³-hybridized carbons (Fsp3) is 0.417. The van der Waals surface area contributed by atoms with Crippen molar-refractivity contribution < 1.29 is 13.9 Å². The summed E-state index contributed by atoms with van der Waals surface area (Å²) in [5.41, 5.74) is 0.657. The van der Waals surface area contributed by atoms with Gasteiger partial charge in [-0.25, -0.2) is 4.39 Å². The Morgan fingerprint density at radius 1 is 1.59 bits per heavy atom. The summed E-state index contributed by atoms with van der Waals surface area (Å²) in [4.78, 5) is 11.9. The van der Waals surface area contributed by atoms with Crippen LogP contribution in [-0.4, -0.2) is 31.6 Å². The van der Waals surface area contributed by atoms with Gasteiger partial charge in [0.05, 0.1) is 11.1 Å². The van der Waals surface area contributed by atoms with Crippen LogP contribution in [0.5, 0.6) is 0 Å². The third-order valence-electron chi connectivity index (χ3n) is 2.68. The molecule has 5 heteroatoms. The number of ketones is 1. The fourth-order valence-corrected chi connectivity index (χ4v) is 2.16. The Bertz CT molecular complexity index is 419. The van der Waals surface area contributed by atoms with Gasteiger partial charge in [-0.2, -0.15) is 0 Å². The van der Waals surface area contributed by atoms with E-state index >= 15 is 0 Å². The smallest absolute Gasteiger partial charge is 0.167 e. The first kappa shape index (κ1) is 12.7. The van der Waals surface area contributed by atoms with Crippen molar-refractivity contribution in [2.24, 2.45) is 0 Å². The van der Waals surface area contributed by atoms with Gasteiger partial charge in [0.1, 0.15) is 11.9 Å². The average molecular weight is 302 g/mol. The van der Waals surface area contributed by atoms with E-state index in [-0.39, 0.29) is 18.0 Å². The topological polar surface area (TPSA) is 38.3 Å². The minimum Gasteiger partial charge on any atom is -0.368 e. The van der Waals surface area contributed by atoms with Crippen LogP contribution in [0.3, 0.4) is 0 Å². The summed E-state index contributed by atoms with van der Waals surface area (Å²) in [6, 6.07) is 4.70. The molecule has 1 aliphatic rings. The molecule has 1 aromatic rings. The zero-order valence-corrected chi connectivity index (χ0v) is 10.8. The Balaban J connectivity index is 2.04. The molecular weight excluding hydrogens is 289 g/mol. The maximum absolute atomic E-state index is 13.3. The van der Waals surface area contributed by atoms with E-state index in [9.17, 15) is 9.18 Å². The molecule has 1 aromatic carbocycles. The minimum atomic E-state index is -0.418. The molecule has 2 rings (SSSR count). The molecule has 1 atom stereocenters. The summed E-state index contributed by atoms with van der Waals surface area (Å²) >= 11 is 3.15. The lowest BCUT2D eigenvalue weighted by Crippen LogP contribution is -2.43. The summed E-state index contributed by atoms with van der Waals surface area (Å²) in [6.45, 7) is 1.85. The first-order valence-corrected chi connectivity index (χ1v) is 6.25. The lowest BCUT2D eigenvalue weighted by atomic mass is 10.0. The van der Waals surface area contributed by atoms with Crippen molar-refractivity contribution >= 4 is 21.7 Å². The van der Waals surface area contributed by atoms with E-state index in [0.717, 1.165) is 6.54 Å². The summed E-state index contributed by atoms with van der Waals surface area (Å²) in [5.74, 6) is -0.374. The van der Waals surface area contributed by atoms with E-state index in [0.29, 0.717) is 23.2 Å². The Hall–Kier alpha value is -0.780. The van der Waals surface area contributed by atoms with Crippen LogP contribution < -0.4 is 5.32 Å². The number of carbonyl (C=O) groups is 1. The highest BCUT2D eigenvalue weighted by Gasteiger charge is 2.22. The largest absolute Gasteiger partial charge is 0.368 e. The van der Waals surface area contributed by atoms with Crippen molar-refractivity contribution in [3.8, 4) is 0 Å². The highest BCUT2D eigenvalue weighted by molar-refractivity contribution is 9.10. The Labute approximate surface area is 107 Å². The first-order valence-electron chi connectivity index (χ1n) is 5.46. The number of nitrogens with one attached hydrogen (secondary N) is 1. The molecule has 1 heterocycles. The predicted octanol–water partition coefficient (Wildman–Crippen LogP) is 1.69. The van der Waals surface area contributed by atoms with Gasteiger partial charge in [0, 0.05) is 19.5 Å². The lowest BCUT2D eigenvalue weighted by Gasteiger charge is -2.22. The van der Waals surface area contributed by atoms with Crippen molar-refractivity contribution in [3.63, 3.8) is 0 Å². The molecule has 1 aliphatic heterocycles. The van der Waals surface area contributed by atoms with Crippen molar-refractivity contribution in [2.45, 2.75) is 12.5 Å². The molecule has 1 saturated heterocycles. The van der Waals surface area contributed by atoms with Gasteiger partial charge in [-0.15, -0.1) is 0 Å². The minimum absolute atomic E-state index is 0.0245. The average Bonchev–Trinajstić information content (AvgIpc) is 2.36. The second-order valence-corrected chi connectivity index (χ2v) is 4.71. The second kappa shape index (κ2) is 5.71. The van der Waals surface area contributed by atoms with E-state index in [1.807, 2.05) is 0 Å². The van der Waals surface area contributed by atoms with Crippen LogP contribution in [0.25, 0.3) is 0 Å². The van der Waals surface area contributed by atoms with Crippen molar-refractivity contribution in [3.05, 3.63) is 34.1 Å². The van der Waals surface area contributed by atoms with Crippen molar-refractivity contribution in [2.75, 3.05) is 19.7 Å². The van der Waals surface area contributed by atoms with Crippen LogP contribution in [0.2, 0.25) is 0 Å². The lowest BCUT2D eigenvalue weighted by molar-refractivity contribution is -0.131. The molecule has 0 saturated carbocycles. The molecule has 0 aromatic heterocycles. The summed E-state index contributed by atoms with van der Waals surface area (Å²) in [7, 11) is 0. The predicted molar refractivity (Wildman–Crippen MR) is 65.4 cm³/mol. The fourth-order valence-electron chi connectivity index (χ4n) is 1.76. The summed E-state index contributed by atoms with van der Waals surface area (Å²) < 4.78 is 19.0. The quantitative estimate of drug-likeness (QED) is 0.923. The van der Waals surface area contributed by atoms with E-state index in [4.69, 9.17) is 4.74 Å². The Morgan fingerprint density at radius 3 is 3.12 bits per heavy atom. The van der Waals surface area contributed by atoms with Crippen LogP contribution in [0.15, 0.2) is 22.7 Å². The number of morpholine rings is 1. The molecule has 17 heavy (non-hydrogen) atoms. The van der Waals surface area contributed by atoms with Crippen molar-refractivity contribution in [1.29, 1.82) is 0 Å². The normalized spacial score (nSPS) is 20.2. The van der Waals surface area contributed by atoms with E-state index in [2.05, 4.69) is 21.2 Å². The number of halogens is 2. The Morgan fingerprint density at radius 2 is 2.41 bits per heavy atom. The van der Waals surface area contributed by atoms with Gasteiger partial charge in [-0.3, -0.25) is 4.79 Å². The van der Waals surface area contributed by atoms with Crippen LogP contribution in [0.1, 0.15) is 5.56 Å². The second-order valence-electron chi connectivity index (χ2n) is 3.92. The van der Waals surface area contributed by atoms with Gasteiger partial charge < -0.3 is 10.1 Å². The van der Waals surface area contributed by atoms with Crippen molar-refractivity contribution in [1.82, 2.24) is 5.32 Å². The summed E-state index contributed by atoms with van der Waals surface area (Å²) in [5, 5.41) is 3.10. The van der Waals surface area contributed by atoms with Gasteiger partial charge in [-0.05, 0) is 27.6 Å². The standard InChI is InChI=1S/C12H13BrFNO2/c13-12-8(2-1-3-9(12)14)6-10(16)11-7-15-4-5-17-11/h1-3,11,15H,4-7H2. The number of hydrogen-bond acceptors (Lipinski definition) is 3. The highest BCUT2D eigenvalue weighted by Crippen LogP contribution is 2.21. The molecule has 1 fully saturated rings. The number of rotatable bonds is 3. The Kier molecular flexibility index (Phi) is 4.25. The van der Waals surface area contributed by atoms with Crippen LogP contribution in [-0.2, 0) is 16.0 Å². The first-order chi connectivity index (χ1) is 8.18. The number of carbonyl (C=O) groups excluding carboxylic acids is 1.